The van der Waals surface area contributed by atoms with Crippen LogP contribution < -0.4 is 5.32 Å². The van der Waals surface area contributed by atoms with E-state index in [1.807, 2.05) is 36.4 Å². The van der Waals surface area contributed by atoms with Gasteiger partial charge in [-0.2, -0.15) is 0 Å². The van der Waals surface area contributed by atoms with Crippen molar-refractivity contribution in [3.05, 3.63) is 60.4 Å². The van der Waals surface area contributed by atoms with Gasteiger partial charge in [-0.3, -0.25) is 9.36 Å². The van der Waals surface area contributed by atoms with E-state index in [0.717, 1.165) is 42.2 Å². The van der Waals surface area contributed by atoms with E-state index in [4.69, 9.17) is 4.98 Å². The molecule has 0 aliphatic heterocycles. The molecule has 0 saturated heterocycles. The van der Waals surface area contributed by atoms with Crippen molar-refractivity contribution in [2.75, 3.05) is 26.2 Å². The zero-order valence-electron chi connectivity index (χ0n) is 16.2. The molecule has 0 atom stereocenters. The number of amides is 1. The van der Waals surface area contributed by atoms with Crippen molar-refractivity contribution >= 4 is 16.9 Å². The average Bonchev–Trinajstić information content (AvgIpc) is 3.09. The molecule has 142 valence electrons. The first-order valence-corrected chi connectivity index (χ1v) is 9.73. The molecule has 0 unspecified atom stereocenters. The molecule has 1 N–H and O–H groups in total. The van der Waals surface area contributed by atoms with E-state index in [-0.39, 0.29) is 5.91 Å². The molecule has 27 heavy (non-hydrogen) atoms. The van der Waals surface area contributed by atoms with E-state index in [1.165, 1.54) is 0 Å². The summed E-state index contributed by atoms with van der Waals surface area (Å²) < 4.78 is 2.15. The van der Waals surface area contributed by atoms with Gasteiger partial charge in [0, 0.05) is 31.6 Å². The van der Waals surface area contributed by atoms with Crippen molar-refractivity contribution < 1.29 is 4.79 Å². The van der Waals surface area contributed by atoms with Gasteiger partial charge in [0.15, 0.2) is 0 Å². The first-order chi connectivity index (χ1) is 13.2. The van der Waals surface area contributed by atoms with E-state index in [9.17, 15) is 4.79 Å². The maximum atomic E-state index is 12.3. The number of nitrogens with one attached hydrogen (secondary N) is 1. The number of likely N-dealkylation sites (N-methyl/N-ethyl adjacent to an activating group) is 1. The molecule has 2 aromatic carbocycles. The van der Waals surface area contributed by atoms with E-state index in [0.29, 0.717) is 19.4 Å². The quantitative estimate of drug-likeness (QED) is 0.633. The van der Waals surface area contributed by atoms with Crippen molar-refractivity contribution in [2.45, 2.75) is 26.7 Å². The number of hydrogen-bond acceptors (Lipinski definition) is 3. The van der Waals surface area contributed by atoms with Crippen molar-refractivity contribution in [1.82, 2.24) is 19.8 Å². The summed E-state index contributed by atoms with van der Waals surface area (Å²) in [7, 11) is 0. The maximum Gasteiger partial charge on any atom is 0.220 e. The molecular weight excluding hydrogens is 336 g/mol. The highest BCUT2D eigenvalue weighted by atomic mass is 16.1. The Bertz CT molecular complexity index is 868. The van der Waals surface area contributed by atoms with Gasteiger partial charge in [-0.15, -0.1) is 0 Å². The number of nitrogens with zero attached hydrogens (tertiary/aromatic N) is 3. The Hall–Kier alpha value is -2.66. The fourth-order valence-electron chi connectivity index (χ4n) is 3.32. The third-order valence-corrected chi connectivity index (χ3v) is 4.86. The number of carbonyl (C=O) groups excluding carboxylic acids is 1. The monoisotopic (exact) mass is 364 g/mol. The van der Waals surface area contributed by atoms with Gasteiger partial charge in [-0.05, 0) is 37.4 Å². The minimum Gasteiger partial charge on any atom is -0.355 e. The Morgan fingerprint density at radius 2 is 1.74 bits per heavy atom. The summed E-state index contributed by atoms with van der Waals surface area (Å²) in [6, 6.07) is 18.3. The van der Waals surface area contributed by atoms with Gasteiger partial charge in [-0.25, -0.2) is 4.98 Å². The normalized spacial score (nSPS) is 11.2. The van der Waals surface area contributed by atoms with Crippen LogP contribution in [0.3, 0.4) is 0 Å². The van der Waals surface area contributed by atoms with Gasteiger partial charge in [0.25, 0.3) is 0 Å². The molecule has 1 amide bonds. The Balaban J connectivity index is 1.69. The van der Waals surface area contributed by atoms with Crippen LogP contribution in [0.4, 0.5) is 0 Å². The second-order valence-corrected chi connectivity index (χ2v) is 6.56. The molecule has 1 aromatic heterocycles. The lowest BCUT2D eigenvalue weighted by molar-refractivity contribution is -0.121. The van der Waals surface area contributed by atoms with Gasteiger partial charge < -0.3 is 10.2 Å². The summed E-state index contributed by atoms with van der Waals surface area (Å²) in [6.07, 6.45) is 1.05. The number of para-hydroxylation sites is 3. The minimum absolute atomic E-state index is 0.0776. The topological polar surface area (TPSA) is 50.2 Å². The summed E-state index contributed by atoms with van der Waals surface area (Å²) in [4.78, 5) is 19.3. The Labute approximate surface area is 161 Å². The van der Waals surface area contributed by atoms with E-state index in [2.05, 4.69) is 46.8 Å². The number of imidazole rings is 1. The molecule has 3 aromatic rings. The highest BCUT2D eigenvalue weighted by Crippen LogP contribution is 2.22. The SMILES string of the molecule is CCN(CC)CCNC(=O)CCc1nc2ccccc2n1-c1ccccc1. The van der Waals surface area contributed by atoms with Crippen LogP contribution in [-0.4, -0.2) is 46.5 Å². The summed E-state index contributed by atoms with van der Waals surface area (Å²) in [5.41, 5.74) is 3.10. The van der Waals surface area contributed by atoms with Crippen molar-refractivity contribution in [3.63, 3.8) is 0 Å². The van der Waals surface area contributed by atoms with Crippen LogP contribution in [0.2, 0.25) is 0 Å². The lowest BCUT2D eigenvalue weighted by Crippen LogP contribution is -2.34. The van der Waals surface area contributed by atoms with Gasteiger partial charge >= 0.3 is 0 Å². The summed E-state index contributed by atoms with van der Waals surface area (Å²) in [6.45, 7) is 7.87. The largest absolute Gasteiger partial charge is 0.355 e. The van der Waals surface area contributed by atoms with Crippen LogP contribution >= 0.6 is 0 Å². The van der Waals surface area contributed by atoms with Crippen LogP contribution in [-0.2, 0) is 11.2 Å². The molecule has 0 aliphatic rings. The smallest absolute Gasteiger partial charge is 0.220 e. The minimum atomic E-state index is 0.0776. The Morgan fingerprint density at radius 1 is 1.04 bits per heavy atom. The molecule has 5 nitrogen and oxygen atoms in total. The predicted octanol–water partition coefficient (Wildman–Crippen LogP) is 3.42. The standard InChI is InChI=1S/C22H28N4O/c1-3-25(4-2)17-16-23-22(27)15-14-21-24-19-12-8-9-13-20(19)26(21)18-10-6-5-7-11-18/h5-13H,3-4,14-17H2,1-2H3,(H,23,27). The number of carbonyl (C=O) groups is 1. The molecule has 1 heterocycles. The fraction of sp³-hybridized carbons (Fsp3) is 0.364. The van der Waals surface area contributed by atoms with Crippen molar-refractivity contribution in [3.8, 4) is 5.69 Å². The molecule has 0 spiro atoms. The lowest BCUT2D eigenvalue weighted by Gasteiger charge is -2.17. The summed E-state index contributed by atoms with van der Waals surface area (Å²) in [5.74, 6) is 0.995. The van der Waals surface area contributed by atoms with E-state index < -0.39 is 0 Å². The third-order valence-electron chi connectivity index (χ3n) is 4.86. The number of fused-ring (bicyclic) bond motifs is 1. The van der Waals surface area contributed by atoms with Crippen LogP contribution in [0.1, 0.15) is 26.1 Å². The molecule has 3 rings (SSSR count). The van der Waals surface area contributed by atoms with Gasteiger partial charge in [-0.1, -0.05) is 44.2 Å². The average molecular weight is 364 g/mol. The predicted molar refractivity (Wildman–Crippen MR) is 110 cm³/mol. The fourth-order valence-corrected chi connectivity index (χ4v) is 3.32. The van der Waals surface area contributed by atoms with Gasteiger partial charge in [0.2, 0.25) is 5.91 Å². The lowest BCUT2D eigenvalue weighted by atomic mass is 10.2. The highest BCUT2D eigenvalue weighted by Gasteiger charge is 2.13. The van der Waals surface area contributed by atoms with Gasteiger partial charge in [0.1, 0.15) is 5.82 Å². The Morgan fingerprint density at radius 3 is 2.48 bits per heavy atom. The van der Waals surface area contributed by atoms with Crippen molar-refractivity contribution in [2.24, 2.45) is 0 Å². The third kappa shape index (κ3) is 4.74. The van der Waals surface area contributed by atoms with E-state index >= 15 is 0 Å². The molecular formula is C22H28N4O. The van der Waals surface area contributed by atoms with Gasteiger partial charge in [0.05, 0.1) is 11.0 Å². The first-order valence-electron chi connectivity index (χ1n) is 9.73. The van der Waals surface area contributed by atoms with Crippen molar-refractivity contribution in [1.29, 1.82) is 0 Å². The number of aromatic nitrogens is 2. The summed E-state index contributed by atoms with van der Waals surface area (Å²) in [5, 5.41) is 3.03. The molecule has 0 fully saturated rings. The molecule has 0 saturated carbocycles. The molecule has 0 aliphatic carbocycles. The molecule has 0 radical (unpaired) electrons. The highest BCUT2D eigenvalue weighted by molar-refractivity contribution is 5.79. The first kappa shape index (κ1) is 19.1. The zero-order valence-corrected chi connectivity index (χ0v) is 16.2. The van der Waals surface area contributed by atoms with Crippen LogP contribution in [0, 0.1) is 0 Å². The summed E-state index contributed by atoms with van der Waals surface area (Å²) >= 11 is 0. The van der Waals surface area contributed by atoms with E-state index in [1.54, 1.807) is 0 Å². The van der Waals surface area contributed by atoms with Crippen LogP contribution in [0.25, 0.3) is 16.7 Å². The number of aryl methyl sites for hydroxylation is 1. The number of hydrogen-bond donors (Lipinski definition) is 1. The number of benzene rings is 2. The van der Waals surface area contributed by atoms with Crippen LogP contribution in [0.15, 0.2) is 54.6 Å². The Kier molecular flexibility index (Phi) is 6.60. The molecule has 5 heteroatoms. The number of rotatable bonds is 9. The zero-order chi connectivity index (χ0) is 19.1. The van der Waals surface area contributed by atoms with Crippen LogP contribution in [0.5, 0.6) is 0 Å². The second-order valence-electron chi connectivity index (χ2n) is 6.56. The molecule has 0 bridgehead atoms. The second kappa shape index (κ2) is 9.33. The maximum absolute atomic E-state index is 12.3.